The van der Waals surface area contributed by atoms with Gasteiger partial charge in [-0.25, -0.2) is 4.79 Å². The number of ether oxygens (including phenoxy) is 1. The monoisotopic (exact) mass is 447 g/mol. The van der Waals surface area contributed by atoms with Gasteiger partial charge in [0.2, 0.25) is 5.91 Å². The highest BCUT2D eigenvalue weighted by Crippen LogP contribution is 2.27. The number of rotatable bonds is 9. The molecule has 3 rings (SSSR count). The molecular weight excluding hydrogens is 406 g/mol. The summed E-state index contributed by atoms with van der Waals surface area (Å²) in [6.45, 7) is 7.92. The third kappa shape index (κ3) is 7.80. The maximum Gasteiger partial charge on any atom is 0.318 e. The van der Waals surface area contributed by atoms with Gasteiger partial charge in [-0.05, 0) is 24.7 Å². The lowest BCUT2D eigenvalue weighted by atomic mass is 9.84. The quantitative estimate of drug-likeness (QED) is 0.506. The Labute approximate surface area is 192 Å². The lowest BCUT2D eigenvalue weighted by molar-refractivity contribution is -0.124. The summed E-state index contributed by atoms with van der Waals surface area (Å²) in [5.74, 6) is 0.672. The summed E-state index contributed by atoms with van der Waals surface area (Å²) in [4.78, 5) is 32.3. The Morgan fingerprint density at radius 3 is 2.56 bits per heavy atom. The molecule has 0 aromatic rings. The summed E-state index contributed by atoms with van der Waals surface area (Å²) < 4.78 is 5.36. The number of morpholine rings is 1. The number of urea groups is 1. The summed E-state index contributed by atoms with van der Waals surface area (Å²) in [7, 11) is 0. The van der Waals surface area contributed by atoms with E-state index in [2.05, 4.69) is 40.9 Å². The van der Waals surface area contributed by atoms with Crippen molar-refractivity contribution in [2.75, 3.05) is 39.4 Å². The van der Waals surface area contributed by atoms with E-state index in [1.54, 1.807) is 4.90 Å². The summed E-state index contributed by atoms with van der Waals surface area (Å²) >= 11 is 0. The average Bonchev–Trinajstić information content (AvgIpc) is 2.82. The van der Waals surface area contributed by atoms with E-state index in [-0.39, 0.29) is 23.9 Å². The first-order chi connectivity index (χ1) is 15.5. The molecule has 1 saturated heterocycles. The fraction of sp³-hybridized carbons (Fsp3) is 0.792. The van der Waals surface area contributed by atoms with Crippen LogP contribution in [0.15, 0.2) is 16.8 Å². The van der Waals surface area contributed by atoms with Crippen LogP contribution in [0.5, 0.6) is 0 Å². The van der Waals surface area contributed by atoms with Gasteiger partial charge in [-0.15, -0.1) is 0 Å². The summed E-state index contributed by atoms with van der Waals surface area (Å²) in [6.07, 6.45) is 11.6. The molecule has 0 aromatic heterocycles. The number of aliphatic imine (C=N–C) groups is 1. The molecular formula is C24H41N5O3. The lowest BCUT2D eigenvalue weighted by Crippen LogP contribution is -2.56. The van der Waals surface area contributed by atoms with Crippen LogP contribution in [-0.2, 0) is 9.53 Å². The molecule has 2 heterocycles. The third-order valence-corrected chi connectivity index (χ3v) is 6.72. The minimum Gasteiger partial charge on any atom is -0.382 e. The van der Waals surface area contributed by atoms with Gasteiger partial charge in [0.25, 0.3) is 0 Å². The predicted octanol–water partition coefficient (Wildman–Crippen LogP) is 2.46. The van der Waals surface area contributed by atoms with Gasteiger partial charge in [-0.2, -0.15) is 0 Å². The molecule has 1 saturated carbocycles. The Bertz CT molecular complexity index is 667. The molecule has 1 aliphatic carbocycles. The Hall–Kier alpha value is -2.09. The summed E-state index contributed by atoms with van der Waals surface area (Å²) in [6, 6.07) is -0.704. The second-order valence-corrected chi connectivity index (χ2v) is 9.56. The van der Waals surface area contributed by atoms with Crippen LogP contribution < -0.4 is 16.0 Å². The van der Waals surface area contributed by atoms with Crippen LogP contribution in [0, 0.1) is 11.8 Å². The molecule has 3 aliphatic rings. The molecule has 2 aliphatic heterocycles. The van der Waals surface area contributed by atoms with Crippen LogP contribution in [0.1, 0.15) is 58.8 Å². The molecule has 0 aromatic carbocycles. The third-order valence-electron chi connectivity index (χ3n) is 6.72. The Kier molecular flexibility index (Phi) is 9.84. The molecule has 2 atom stereocenters. The maximum atomic E-state index is 13.4. The van der Waals surface area contributed by atoms with Gasteiger partial charge < -0.3 is 25.6 Å². The van der Waals surface area contributed by atoms with Crippen molar-refractivity contribution >= 4 is 18.2 Å². The highest BCUT2D eigenvalue weighted by atomic mass is 16.5. The Morgan fingerprint density at radius 1 is 1.16 bits per heavy atom. The van der Waals surface area contributed by atoms with Gasteiger partial charge in [0.05, 0.1) is 13.2 Å². The average molecular weight is 448 g/mol. The van der Waals surface area contributed by atoms with E-state index in [4.69, 9.17) is 4.74 Å². The molecule has 2 fully saturated rings. The van der Waals surface area contributed by atoms with Gasteiger partial charge in [-0.3, -0.25) is 9.79 Å². The first kappa shape index (κ1) is 24.6. The zero-order valence-electron chi connectivity index (χ0n) is 19.8. The second kappa shape index (κ2) is 12.8. The Morgan fingerprint density at radius 2 is 1.91 bits per heavy atom. The molecule has 0 radical (unpaired) electrons. The van der Waals surface area contributed by atoms with Crippen molar-refractivity contribution in [3.8, 4) is 0 Å². The van der Waals surface area contributed by atoms with Crippen LogP contribution in [0.3, 0.4) is 0 Å². The summed E-state index contributed by atoms with van der Waals surface area (Å²) in [5, 5.41) is 9.68. The first-order valence-electron chi connectivity index (χ1n) is 12.4. The van der Waals surface area contributed by atoms with Crippen LogP contribution in [0.25, 0.3) is 0 Å². The predicted molar refractivity (Wildman–Crippen MR) is 127 cm³/mol. The van der Waals surface area contributed by atoms with Crippen molar-refractivity contribution in [3.63, 3.8) is 0 Å². The summed E-state index contributed by atoms with van der Waals surface area (Å²) in [5.41, 5.74) is 1.01. The molecule has 0 unspecified atom stereocenters. The van der Waals surface area contributed by atoms with Crippen molar-refractivity contribution in [1.29, 1.82) is 0 Å². The van der Waals surface area contributed by atoms with Gasteiger partial charge in [0.15, 0.2) is 0 Å². The van der Waals surface area contributed by atoms with E-state index in [9.17, 15) is 9.59 Å². The molecule has 3 amide bonds. The number of carbonyl (C=O) groups excluding carboxylic acids is 2. The minimum absolute atomic E-state index is 0.0344. The van der Waals surface area contributed by atoms with Gasteiger partial charge in [0.1, 0.15) is 6.04 Å². The number of hydrogen-bond acceptors (Lipinski definition) is 5. The molecule has 180 valence electrons. The highest BCUT2D eigenvalue weighted by Gasteiger charge is 2.30. The molecule has 8 nitrogen and oxygen atoms in total. The number of nitrogens with one attached hydrogen (secondary N) is 3. The number of allylic oxidation sites excluding steroid dienone is 1. The van der Waals surface area contributed by atoms with Crippen molar-refractivity contribution in [2.24, 2.45) is 16.8 Å². The number of carbonyl (C=O) groups is 2. The van der Waals surface area contributed by atoms with E-state index < -0.39 is 6.04 Å². The minimum atomic E-state index is -0.509. The van der Waals surface area contributed by atoms with E-state index in [0.717, 1.165) is 31.5 Å². The van der Waals surface area contributed by atoms with E-state index in [1.807, 2.05) is 6.21 Å². The molecule has 0 spiro atoms. The number of nitrogens with zero attached hydrogens (tertiary/aromatic N) is 2. The molecule has 3 N–H and O–H groups in total. The largest absolute Gasteiger partial charge is 0.382 e. The van der Waals surface area contributed by atoms with Crippen molar-refractivity contribution < 1.29 is 14.3 Å². The SMILES string of the molecule is CC(C)[C@@H](CNC1=CCCN=C1)NC(=O)[C@H](CC1CCCCC1)NC(=O)N1CCOCC1. The molecule has 8 heteroatoms. The first-order valence-corrected chi connectivity index (χ1v) is 12.4. The second-order valence-electron chi connectivity index (χ2n) is 9.56. The van der Waals surface area contributed by atoms with E-state index in [1.165, 1.54) is 19.3 Å². The van der Waals surface area contributed by atoms with Crippen molar-refractivity contribution in [2.45, 2.75) is 70.9 Å². The highest BCUT2D eigenvalue weighted by molar-refractivity contribution is 5.87. The fourth-order valence-corrected chi connectivity index (χ4v) is 4.59. The van der Waals surface area contributed by atoms with Gasteiger partial charge in [0, 0.05) is 44.1 Å². The van der Waals surface area contributed by atoms with E-state index in [0.29, 0.717) is 45.2 Å². The fourth-order valence-electron chi connectivity index (χ4n) is 4.59. The normalized spacial score (nSPS) is 21.6. The zero-order chi connectivity index (χ0) is 22.8. The lowest BCUT2D eigenvalue weighted by Gasteiger charge is -2.32. The number of amides is 3. The van der Waals surface area contributed by atoms with Gasteiger partial charge >= 0.3 is 6.03 Å². The Balaban J connectivity index is 1.60. The van der Waals surface area contributed by atoms with Crippen LogP contribution in [-0.4, -0.2) is 74.5 Å². The van der Waals surface area contributed by atoms with Crippen LogP contribution in [0.4, 0.5) is 4.79 Å². The van der Waals surface area contributed by atoms with Gasteiger partial charge in [-0.1, -0.05) is 52.0 Å². The van der Waals surface area contributed by atoms with E-state index >= 15 is 0 Å². The topological polar surface area (TPSA) is 95.1 Å². The van der Waals surface area contributed by atoms with Crippen LogP contribution >= 0.6 is 0 Å². The van der Waals surface area contributed by atoms with Crippen LogP contribution in [0.2, 0.25) is 0 Å². The maximum absolute atomic E-state index is 13.4. The number of hydrogen-bond donors (Lipinski definition) is 3. The van der Waals surface area contributed by atoms with Crippen molar-refractivity contribution in [1.82, 2.24) is 20.9 Å². The standard InChI is InChI=1S/C24H41N5O3/c1-18(2)22(17-26-20-9-6-10-25-16-20)27-23(30)21(15-19-7-4-3-5-8-19)28-24(31)29-11-13-32-14-12-29/h9,16,18-19,21-22,26H,3-8,10-15,17H2,1-2H3,(H,27,30)(H,28,31)/t21-,22+/m0/s1. The molecule has 32 heavy (non-hydrogen) atoms. The zero-order valence-corrected chi connectivity index (χ0v) is 19.8. The van der Waals surface area contributed by atoms with Crippen molar-refractivity contribution in [3.05, 3.63) is 11.8 Å². The smallest absolute Gasteiger partial charge is 0.318 e. The number of dihydropyridines is 1. The molecule has 0 bridgehead atoms.